The molecule has 0 atom stereocenters. The van der Waals surface area contributed by atoms with Gasteiger partial charge in [-0.15, -0.1) is 0 Å². The number of benzene rings is 9. The van der Waals surface area contributed by atoms with Gasteiger partial charge in [0.15, 0.2) is 19.7 Å². The number of nitrogens with zero attached hydrogens (tertiary/aromatic N) is 5. The molecule has 296 valence electrons. The quantitative estimate of drug-likeness (QED) is 0.113. The molecule has 0 aliphatic heterocycles. The fourth-order valence-electron chi connectivity index (χ4n) is 9.26. The number of fused-ring (bicyclic) bond motifs is 6. The van der Waals surface area contributed by atoms with E-state index in [0.29, 0.717) is 11.0 Å². The van der Waals surface area contributed by atoms with E-state index in [9.17, 15) is 8.22 Å². The lowest BCUT2D eigenvalue weighted by Gasteiger charge is -2.34. The third kappa shape index (κ3) is 5.87. The van der Waals surface area contributed by atoms with Crippen LogP contribution in [0.2, 0.25) is 0 Å². The molecule has 0 aliphatic carbocycles. The van der Waals surface area contributed by atoms with Crippen molar-refractivity contribution in [3.8, 4) is 34.4 Å². The maximum atomic E-state index is 10.5. The van der Waals surface area contributed by atoms with Crippen LogP contribution in [-0.2, 0) is 0 Å². The first-order valence-electron chi connectivity index (χ1n) is 25.1. The topological polar surface area (TPSA) is 48.5 Å². The van der Waals surface area contributed by atoms with E-state index in [1.807, 2.05) is 162 Å². The van der Waals surface area contributed by atoms with Crippen LogP contribution in [0, 0.1) is 0 Å². The summed E-state index contributed by atoms with van der Waals surface area (Å²) in [5.41, 5.74) is 3.54. The van der Waals surface area contributed by atoms with E-state index in [4.69, 9.17) is 19.1 Å². The van der Waals surface area contributed by atoms with E-state index in [-0.39, 0.29) is 46.0 Å². The zero-order chi connectivity index (χ0) is 49.6. The number of hydrogen-bond acceptors (Lipinski definition) is 3. The summed E-state index contributed by atoms with van der Waals surface area (Å²) in [6.07, 6.45) is 0. The summed E-state index contributed by atoms with van der Waals surface area (Å²) < 4.78 is 87.9. The second kappa shape index (κ2) is 15.1. The Hall–Kier alpha value is -8.19. The van der Waals surface area contributed by atoms with Gasteiger partial charge < -0.3 is 4.57 Å². The van der Waals surface area contributed by atoms with Crippen LogP contribution in [0.5, 0.6) is 0 Å². The summed E-state index contributed by atoms with van der Waals surface area (Å²) in [6.45, 7) is 0. The number of aromatic nitrogens is 5. The van der Waals surface area contributed by atoms with Gasteiger partial charge in [0.2, 0.25) is 5.95 Å². The highest BCUT2D eigenvalue weighted by atomic mass is 28.3. The summed E-state index contributed by atoms with van der Waals surface area (Å²) in [7, 11) is -3.73. The van der Waals surface area contributed by atoms with Gasteiger partial charge in [-0.05, 0) is 45.0 Å². The first kappa shape index (κ1) is 28.4. The van der Waals surface area contributed by atoms with Gasteiger partial charge in [-0.3, -0.25) is 4.57 Å². The van der Waals surface area contributed by atoms with E-state index in [1.54, 1.807) is 0 Å². The molecule has 9 aromatic carbocycles. The van der Waals surface area contributed by atoms with Crippen molar-refractivity contribution >= 4 is 72.4 Å². The van der Waals surface area contributed by atoms with Gasteiger partial charge in [0.05, 0.1) is 40.1 Å². The Labute approximate surface area is 378 Å². The molecule has 12 aromatic rings. The van der Waals surface area contributed by atoms with Crippen LogP contribution in [-0.4, -0.2) is 32.2 Å². The van der Waals surface area contributed by atoms with E-state index in [1.165, 1.54) is 0 Å². The Morgan fingerprint density at radius 2 is 0.825 bits per heavy atom. The molecule has 0 bridgehead atoms. The van der Waals surface area contributed by atoms with Gasteiger partial charge in [0, 0.05) is 32.7 Å². The van der Waals surface area contributed by atoms with Crippen molar-refractivity contribution in [2.75, 3.05) is 0 Å². The summed E-state index contributed by atoms with van der Waals surface area (Å²) in [6, 6.07) is 54.9. The molecule has 0 saturated heterocycles. The minimum atomic E-state index is -3.73. The van der Waals surface area contributed by atoms with Crippen molar-refractivity contribution in [2.24, 2.45) is 0 Å². The van der Waals surface area contributed by atoms with E-state index in [2.05, 4.69) is 28.8 Å². The lowest BCUT2D eigenvalue weighted by molar-refractivity contribution is 0.950. The third-order valence-corrected chi connectivity index (χ3v) is 16.5. The van der Waals surface area contributed by atoms with Crippen LogP contribution in [0.4, 0.5) is 0 Å². The minimum absolute atomic E-state index is 0.0271. The van der Waals surface area contributed by atoms with Crippen molar-refractivity contribution in [3.63, 3.8) is 0 Å². The molecule has 0 amide bonds. The highest BCUT2D eigenvalue weighted by molar-refractivity contribution is 7.19. The predicted molar refractivity (Wildman–Crippen MR) is 263 cm³/mol. The molecule has 5 nitrogen and oxygen atoms in total. The molecule has 0 spiro atoms. The fourth-order valence-corrected chi connectivity index (χ4v) is 13.8. The second-order valence-corrected chi connectivity index (χ2v) is 19.0. The Kier molecular flexibility index (Phi) is 6.78. The van der Waals surface area contributed by atoms with Crippen molar-refractivity contribution in [2.45, 2.75) is 0 Å². The van der Waals surface area contributed by atoms with Crippen molar-refractivity contribution in [3.05, 3.63) is 236 Å². The van der Waals surface area contributed by atoms with Crippen molar-refractivity contribution in [1.82, 2.24) is 24.1 Å². The highest BCUT2D eigenvalue weighted by Crippen LogP contribution is 2.39. The maximum absolute atomic E-state index is 10.5. The maximum Gasteiger partial charge on any atom is 0.238 e. The van der Waals surface area contributed by atoms with Gasteiger partial charge in [0.25, 0.3) is 0 Å². The lowest BCUT2D eigenvalue weighted by Crippen LogP contribution is -2.74. The van der Waals surface area contributed by atoms with Gasteiger partial charge in [0.1, 0.15) is 0 Å². The molecule has 12 rings (SSSR count). The Morgan fingerprint density at radius 1 is 0.365 bits per heavy atom. The number of hydrogen-bond donors (Lipinski definition) is 0. The summed E-state index contributed by atoms with van der Waals surface area (Å²) in [5.74, 6) is -0.573. The SMILES string of the molecule is [2H]c1c([2H])c([2H])c(-c2nc(-c3c([2H])c([2H])c([2H])c([Si](c4ccccc4)(c4ccccc4)c4ccccc4)c3[2H])nc(-n3c4ccccc4c4cccc(-n5c6ccccc6c6ccccc65)c43)n2)c([2H])c1[2H]. The Morgan fingerprint density at radius 3 is 1.40 bits per heavy atom. The molecule has 6 heteroatoms. The third-order valence-electron chi connectivity index (χ3n) is 11.9. The first-order chi connectivity index (χ1) is 35.0. The Balaban J connectivity index is 1.24. The average Bonchev–Trinajstić information content (AvgIpc) is 3.94. The van der Waals surface area contributed by atoms with Crippen LogP contribution >= 0.6 is 0 Å². The van der Waals surface area contributed by atoms with E-state index >= 15 is 0 Å². The van der Waals surface area contributed by atoms with Crippen molar-refractivity contribution < 1.29 is 12.3 Å². The largest absolute Gasteiger partial charge is 0.307 e. The van der Waals surface area contributed by atoms with Crippen LogP contribution in [0.25, 0.3) is 78.0 Å². The molecule has 0 N–H and O–H groups in total. The van der Waals surface area contributed by atoms with Crippen LogP contribution in [0.15, 0.2) is 236 Å². The van der Waals surface area contributed by atoms with Crippen molar-refractivity contribution in [1.29, 1.82) is 0 Å². The molecule has 0 saturated carbocycles. The van der Waals surface area contributed by atoms with Crippen LogP contribution < -0.4 is 20.7 Å². The lowest BCUT2D eigenvalue weighted by atomic mass is 10.1. The molecule has 0 fully saturated rings. The molecule has 63 heavy (non-hydrogen) atoms. The monoisotopic (exact) mass is 830 g/mol. The zero-order valence-electron chi connectivity index (χ0n) is 42.6. The molecular formula is C57H39N5Si. The normalized spacial score (nSPS) is 13.8. The molecular weight excluding hydrogens is 783 g/mol. The molecule has 0 unspecified atom stereocenters. The summed E-state index contributed by atoms with van der Waals surface area (Å²) in [4.78, 5) is 15.1. The number of rotatable bonds is 8. The smallest absolute Gasteiger partial charge is 0.238 e. The molecule has 0 aliphatic rings. The van der Waals surface area contributed by atoms with Gasteiger partial charge in [-0.1, -0.05) is 212 Å². The van der Waals surface area contributed by atoms with Crippen LogP contribution in [0.1, 0.15) is 12.3 Å². The molecule has 0 radical (unpaired) electrons. The average molecular weight is 831 g/mol. The van der Waals surface area contributed by atoms with E-state index < -0.39 is 50.4 Å². The molecule has 3 aromatic heterocycles. The van der Waals surface area contributed by atoms with Gasteiger partial charge in [-0.2, -0.15) is 9.97 Å². The second-order valence-electron chi connectivity index (χ2n) is 15.3. The minimum Gasteiger partial charge on any atom is -0.307 e. The Bertz CT molecular complexity index is 3990. The molecule has 3 heterocycles. The fraction of sp³-hybridized carbons (Fsp3) is 0. The first-order valence-corrected chi connectivity index (χ1v) is 22.6. The predicted octanol–water partition coefficient (Wildman–Crippen LogP) is 10.8. The zero-order valence-corrected chi connectivity index (χ0v) is 34.6. The summed E-state index contributed by atoms with van der Waals surface area (Å²) >= 11 is 0. The summed E-state index contributed by atoms with van der Waals surface area (Å²) in [5, 5.41) is 6.54. The van der Waals surface area contributed by atoms with Crippen LogP contribution in [0.3, 0.4) is 0 Å². The van der Waals surface area contributed by atoms with Gasteiger partial charge >= 0.3 is 0 Å². The number of para-hydroxylation sites is 4. The highest BCUT2D eigenvalue weighted by Gasteiger charge is 2.41. The van der Waals surface area contributed by atoms with Gasteiger partial charge in [-0.25, -0.2) is 4.98 Å². The standard InChI is InChI=1S/C57H39N5Si/c1-5-21-40(22-6-1)55-58-56(41-23-19-30-45(39-41)63(42-24-7-2-8-25-42,43-26-9-3-10-27-43)44-28-11-4-12-29-44)60-57(59-55)62-52-37-18-15-33-48(52)49-34-20-38-53(54(49)62)61-50-35-16-13-31-46(50)47-32-14-17-36-51(47)61/h1-39H/i1D,5D,6D,19D,21D,22D,23D,30D,39D. The van der Waals surface area contributed by atoms with E-state index in [0.717, 1.165) is 53.8 Å².